The van der Waals surface area contributed by atoms with Crippen molar-refractivity contribution in [3.05, 3.63) is 65.2 Å². The molecule has 8 heteroatoms. The Kier molecular flexibility index (Phi) is 6.57. The fraction of sp³-hybridized carbons (Fsp3) is 0.263. The number of esters is 1. The Morgan fingerprint density at radius 1 is 1.07 bits per heavy atom. The zero-order valence-electron chi connectivity index (χ0n) is 14.7. The van der Waals surface area contributed by atoms with E-state index in [-0.39, 0.29) is 5.56 Å². The third-order valence-corrected chi connectivity index (χ3v) is 3.64. The van der Waals surface area contributed by atoms with Crippen molar-refractivity contribution in [2.24, 2.45) is 0 Å². The minimum absolute atomic E-state index is 0.213. The van der Waals surface area contributed by atoms with Crippen molar-refractivity contribution in [3.8, 4) is 0 Å². The summed E-state index contributed by atoms with van der Waals surface area (Å²) >= 11 is 0. The maximum absolute atomic E-state index is 13.0. The zero-order chi connectivity index (χ0) is 20.0. The third-order valence-electron chi connectivity index (χ3n) is 3.64. The van der Waals surface area contributed by atoms with E-state index in [4.69, 9.17) is 9.47 Å². The molecule has 144 valence electrons. The number of halogens is 3. The molecule has 0 radical (unpaired) electrons. The van der Waals surface area contributed by atoms with E-state index in [1.54, 1.807) is 19.2 Å². The van der Waals surface area contributed by atoms with E-state index in [2.05, 4.69) is 5.32 Å². The molecule has 0 aliphatic carbocycles. The summed E-state index contributed by atoms with van der Waals surface area (Å²) in [6.45, 7) is 1.66. The lowest BCUT2D eigenvalue weighted by Crippen LogP contribution is -2.30. The summed E-state index contributed by atoms with van der Waals surface area (Å²) in [5, 5.41) is 2.15. The minimum Gasteiger partial charge on any atom is -0.449 e. The highest BCUT2D eigenvalue weighted by Gasteiger charge is 2.34. The van der Waals surface area contributed by atoms with Crippen LogP contribution in [-0.4, -0.2) is 25.1 Å². The highest BCUT2D eigenvalue weighted by atomic mass is 19.4. The van der Waals surface area contributed by atoms with Crippen LogP contribution in [0.2, 0.25) is 0 Å². The SMILES string of the molecule is COCc1ccc(C(=O)OC(C)C(=O)Nc2ccccc2C(F)(F)F)cc1. The molecule has 0 aliphatic heterocycles. The Labute approximate surface area is 154 Å². The minimum atomic E-state index is -4.62. The van der Waals surface area contributed by atoms with Crippen molar-refractivity contribution in [3.63, 3.8) is 0 Å². The number of ether oxygens (including phenoxy) is 2. The van der Waals surface area contributed by atoms with Crippen molar-refractivity contribution < 1.29 is 32.2 Å². The van der Waals surface area contributed by atoms with E-state index < -0.39 is 35.4 Å². The Bertz CT molecular complexity index is 803. The van der Waals surface area contributed by atoms with Crippen LogP contribution in [0.25, 0.3) is 0 Å². The van der Waals surface area contributed by atoms with Gasteiger partial charge in [0.15, 0.2) is 6.10 Å². The van der Waals surface area contributed by atoms with Crippen LogP contribution in [0.4, 0.5) is 18.9 Å². The van der Waals surface area contributed by atoms with Gasteiger partial charge in [-0.15, -0.1) is 0 Å². The van der Waals surface area contributed by atoms with Gasteiger partial charge in [-0.1, -0.05) is 24.3 Å². The second kappa shape index (κ2) is 8.68. The van der Waals surface area contributed by atoms with Crippen LogP contribution in [0.15, 0.2) is 48.5 Å². The lowest BCUT2D eigenvalue weighted by atomic mass is 10.1. The van der Waals surface area contributed by atoms with Crippen LogP contribution in [0, 0.1) is 0 Å². The molecular weight excluding hydrogens is 363 g/mol. The third kappa shape index (κ3) is 5.55. The number of rotatable bonds is 6. The standard InChI is InChI=1S/C19H18F3NO4/c1-12(27-18(25)14-9-7-13(8-10-14)11-26-2)17(24)23-16-6-4-3-5-15(16)19(20,21)22/h3-10,12H,11H2,1-2H3,(H,23,24). The van der Waals surface area contributed by atoms with E-state index in [0.29, 0.717) is 6.61 Å². The number of amides is 1. The molecule has 0 spiro atoms. The average molecular weight is 381 g/mol. The summed E-state index contributed by atoms with van der Waals surface area (Å²) in [5.41, 5.74) is -0.318. The van der Waals surface area contributed by atoms with Gasteiger partial charge in [0, 0.05) is 7.11 Å². The van der Waals surface area contributed by atoms with Gasteiger partial charge < -0.3 is 14.8 Å². The van der Waals surface area contributed by atoms with Crippen molar-refractivity contribution in [2.45, 2.75) is 25.8 Å². The molecule has 0 fully saturated rings. The largest absolute Gasteiger partial charge is 0.449 e. The van der Waals surface area contributed by atoms with E-state index in [1.165, 1.54) is 31.2 Å². The fourth-order valence-corrected chi connectivity index (χ4v) is 2.26. The van der Waals surface area contributed by atoms with E-state index in [1.807, 2.05) is 0 Å². The quantitative estimate of drug-likeness (QED) is 0.768. The first-order valence-electron chi connectivity index (χ1n) is 7.98. The molecular formula is C19H18F3NO4. The molecule has 1 atom stereocenters. The predicted octanol–water partition coefficient (Wildman–Crippen LogP) is 4.04. The van der Waals surface area contributed by atoms with Crippen LogP contribution in [-0.2, 0) is 27.1 Å². The van der Waals surface area contributed by atoms with E-state index in [9.17, 15) is 22.8 Å². The van der Waals surface area contributed by atoms with Gasteiger partial charge in [0.1, 0.15) is 0 Å². The number of nitrogens with one attached hydrogen (secondary N) is 1. The van der Waals surface area contributed by atoms with Gasteiger partial charge in [-0.25, -0.2) is 4.79 Å². The van der Waals surface area contributed by atoms with Crippen LogP contribution < -0.4 is 5.32 Å². The number of hydrogen-bond donors (Lipinski definition) is 1. The maximum atomic E-state index is 13.0. The highest BCUT2D eigenvalue weighted by Crippen LogP contribution is 2.34. The van der Waals surface area contributed by atoms with Gasteiger partial charge in [0.2, 0.25) is 0 Å². The molecule has 2 rings (SSSR count). The lowest BCUT2D eigenvalue weighted by Gasteiger charge is -2.17. The summed E-state index contributed by atoms with van der Waals surface area (Å²) in [5.74, 6) is -1.62. The number of para-hydroxylation sites is 1. The molecule has 1 unspecified atom stereocenters. The van der Waals surface area contributed by atoms with Gasteiger partial charge >= 0.3 is 12.1 Å². The topological polar surface area (TPSA) is 64.6 Å². The smallest absolute Gasteiger partial charge is 0.418 e. The molecule has 0 saturated heterocycles. The van der Waals surface area contributed by atoms with Crippen molar-refractivity contribution in [1.29, 1.82) is 0 Å². The number of alkyl halides is 3. The molecule has 0 aliphatic rings. The lowest BCUT2D eigenvalue weighted by molar-refractivity contribution is -0.137. The summed E-state index contributed by atoms with van der Waals surface area (Å²) < 4.78 is 48.9. The van der Waals surface area contributed by atoms with Crippen LogP contribution in [0.3, 0.4) is 0 Å². The molecule has 1 N–H and O–H groups in total. The van der Waals surface area contributed by atoms with Crippen molar-refractivity contribution >= 4 is 17.6 Å². The molecule has 5 nitrogen and oxygen atoms in total. The molecule has 27 heavy (non-hydrogen) atoms. The first kappa shape index (κ1) is 20.4. The van der Waals surface area contributed by atoms with Crippen LogP contribution in [0.5, 0.6) is 0 Å². The van der Waals surface area contributed by atoms with Gasteiger partial charge in [-0.2, -0.15) is 13.2 Å². The Hall–Kier alpha value is -2.87. The molecule has 0 heterocycles. The first-order valence-corrected chi connectivity index (χ1v) is 7.98. The summed E-state index contributed by atoms with van der Waals surface area (Å²) in [7, 11) is 1.54. The Morgan fingerprint density at radius 3 is 2.30 bits per heavy atom. The number of carbonyl (C=O) groups is 2. The number of carbonyl (C=O) groups excluding carboxylic acids is 2. The summed E-state index contributed by atoms with van der Waals surface area (Å²) in [6.07, 6.45) is -5.90. The molecule has 0 aromatic heterocycles. The zero-order valence-corrected chi connectivity index (χ0v) is 14.7. The van der Waals surface area contributed by atoms with Gasteiger partial charge in [0.25, 0.3) is 5.91 Å². The fourth-order valence-electron chi connectivity index (χ4n) is 2.26. The normalized spacial score (nSPS) is 12.3. The van der Waals surface area contributed by atoms with Gasteiger partial charge in [-0.05, 0) is 36.8 Å². The molecule has 2 aromatic carbocycles. The van der Waals surface area contributed by atoms with Crippen molar-refractivity contribution in [2.75, 3.05) is 12.4 Å². The second-order valence-corrected chi connectivity index (χ2v) is 5.71. The number of methoxy groups -OCH3 is 1. The van der Waals surface area contributed by atoms with E-state index >= 15 is 0 Å². The number of anilines is 1. The Balaban J connectivity index is 2.03. The monoisotopic (exact) mass is 381 g/mol. The van der Waals surface area contributed by atoms with Gasteiger partial charge in [0.05, 0.1) is 23.4 Å². The van der Waals surface area contributed by atoms with Gasteiger partial charge in [-0.3, -0.25) is 4.79 Å². The molecule has 0 bridgehead atoms. The second-order valence-electron chi connectivity index (χ2n) is 5.71. The predicted molar refractivity (Wildman–Crippen MR) is 92.1 cm³/mol. The first-order chi connectivity index (χ1) is 12.7. The molecule has 1 amide bonds. The maximum Gasteiger partial charge on any atom is 0.418 e. The average Bonchev–Trinajstić information content (AvgIpc) is 2.62. The Morgan fingerprint density at radius 2 is 1.70 bits per heavy atom. The summed E-state index contributed by atoms with van der Waals surface area (Å²) in [6, 6.07) is 10.9. The van der Waals surface area contributed by atoms with Crippen molar-refractivity contribution in [1.82, 2.24) is 0 Å². The van der Waals surface area contributed by atoms with Crippen LogP contribution in [0.1, 0.15) is 28.4 Å². The van der Waals surface area contributed by atoms with Crippen LogP contribution >= 0.6 is 0 Å². The molecule has 2 aromatic rings. The number of hydrogen-bond acceptors (Lipinski definition) is 4. The summed E-state index contributed by atoms with van der Waals surface area (Å²) in [4.78, 5) is 24.2. The van der Waals surface area contributed by atoms with E-state index in [0.717, 1.165) is 17.7 Å². The highest BCUT2D eigenvalue weighted by molar-refractivity contribution is 5.97. The number of benzene rings is 2. The molecule has 0 saturated carbocycles.